The minimum atomic E-state index is -3.38. The van der Waals surface area contributed by atoms with Gasteiger partial charge in [-0.15, -0.1) is 0 Å². The summed E-state index contributed by atoms with van der Waals surface area (Å²) in [6, 6.07) is 9.36. The van der Waals surface area contributed by atoms with E-state index in [-0.39, 0.29) is 19.4 Å². The molecule has 1 fully saturated rings. The summed E-state index contributed by atoms with van der Waals surface area (Å²) in [7, 11) is 0. The second-order valence-electron chi connectivity index (χ2n) is 8.45. The third-order valence-electron chi connectivity index (χ3n) is 4.90. The van der Waals surface area contributed by atoms with Gasteiger partial charge in [0.25, 0.3) is 5.92 Å². The van der Waals surface area contributed by atoms with E-state index in [0.29, 0.717) is 25.5 Å². The number of amides is 2. The SMILES string of the molecule is C=CC(F)(F)C1(NC(=O)CCc2ccccc2)CCCN(C(=O)OC(C)(C)C)C1. The number of carbonyl (C=O) groups is 2. The fourth-order valence-electron chi connectivity index (χ4n) is 3.42. The van der Waals surface area contributed by atoms with Gasteiger partial charge in [0, 0.05) is 13.0 Å². The second kappa shape index (κ2) is 8.93. The Bertz CT molecular complexity index is 731. The van der Waals surface area contributed by atoms with E-state index in [1.165, 1.54) is 4.90 Å². The number of alkyl halides is 2. The van der Waals surface area contributed by atoms with Crippen molar-refractivity contribution in [1.82, 2.24) is 10.2 Å². The molecule has 0 spiro atoms. The maximum absolute atomic E-state index is 14.9. The summed E-state index contributed by atoms with van der Waals surface area (Å²) < 4.78 is 35.1. The molecule has 1 aromatic rings. The standard InChI is InChI=1S/C22H30F2N2O3/c1-5-22(23,24)21(25-18(27)13-12-17-10-7-6-8-11-17)14-9-15-26(16-21)19(28)29-20(2,3)4/h5-8,10-11H,1,9,12-16H2,2-4H3,(H,25,27). The average molecular weight is 408 g/mol. The number of rotatable bonds is 6. The Balaban J connectivity index is 2.14. The van der Waals surface area contributed by atoms with Crippen LogP contribution in [-0.4, -0.2) is 47.1 Å². The molecule has 1 aliphatic heterocycles. The summed E-state index contributed by atoms with van der Waals surface area (Å²) in [5.41, 5.74) is -1.69. The van der Waals surface area contributed by atoms with Crippen molar-refractivity contribution in [1.29, 1.82) is 0 Å². The lowest BCUT2D eigenvalue weighted by Gasteiger charge is -2.46. The molecule has 1 aliphatic rings. The highest BCUT2D eigenvalue weighted by atomic mass is 19.3. The molecule has 0 aliphatic carbocycles. The number of nitrogens with zero attached hydrogens (tertiary/aromatic N) is 1. The molecule has 0 bridgehead atoms. The molecule has 2 amide bonds. The lowest BCUT2D eigenvalue weighted by atomic mass is 9.82. The van der Waals surface area contributed by atoms with E-state index in [2.05, 4.69) is 11.9 Å². The van der Waals surface area contributed by atoms with E-state index in [0.717, 1.165) is 5.56 Å². The first-order chi connectivity index (χ1) is 13.5. The zero-order valence-electron chi connectivity index (χ0n) is 17.3. The highest BCUT2D eigenvalue weighted by molar-refractivity contribution is 5.77. The second-order valence-corrected chi connectivity index (χ2v) is 8.45. The van der Waals surface area contributed by atoms with E-state index in [1.54, 1.807) is 20.8 Å². The Hall–Kier alpha value is -2.44. The molecular formula is C22H30F2N2O3. The number of hydrogen-bond acceptors (Lipinski definition) is 3. The van der Waals surface area contributed by atoms with Gasteiger partial charge in [-0.05, 0) is 51.7 Å². The molecule has 1 saturated heterocycles. The average Bonchev–Trinajstić information content (AvgIpc) is 2.66. The quantitative estimate of drug-likeness (QED) is 0.713. The van der Waals surface area contributed by atoms with E-state index >= 15 is 0 Å². The topological polar surface area (TPSA) is 58.6 Å². The number of likely N-dealkylation sites (tertiary alicyclic amines) is 1. The maximum Gasteiger partial charge on any atom is 0.410 e. The molecule has 5 nitrogen and oxygen atoms in total. The van der Waals surface area contributed by atoms with Crippen LogP contribution in [0.15, 0.2) is 43.0 Å². The van der Waals surface area contributed by atoms with Crippen LogP contribution in [0.4, 0.5) is 13.6 Å². The van der Waals surface area contributed by atoms with Gasteiger partial charge in [-0.2, -0.15) is 8.78 Å². The fraction of sp³-hybridized carbons (Fsp3) is 0.545. The van der Waals surface area contributed by atoms with Crippen LogP contribution >= 0.6 is 0 Å². The van der Waals surface area contributed by atoms with Gasteiger partial charge in [0.15, 0.2) is 0 Å². The normalized spacial score (nSPS) is 20.1. The molecule has 1 heterocycles. The van der Waals surface area contributed by atoms with Crippen LogP contribution in [0.5, 0.6) is 0 Å². The van der Waals surface area contributed by atoms with Gasteiger partial charge in [-0.3, -0.25) is 4.79 Å². The summed E-state index contributed by atoms with van der Waals surface area (Å²) in [5.74, 6) is -3.86. The third-order valence-corrected chi connectivity index (χ3v) is 4.90. The Kier molecular flexibility index (Phi) is 7.03. The summed E-state index contributed by atoms with van der Waals surface area (Å²) in [5, 5.41) is 2.53. The predicted octanol–water partition coefficient (Wildman–Crippen LogP) is 4.33. The lowest BCUT2D eigenvalue weighted by molar-refractivity contribution is -0.133. The molecule has 0 aromatic heterocycles. The largest absolute Gasteiger partial charge is 0.444 e. The monoisotopic (exact) mass is 408 g/mol. The number of nitrogens with one attached hydrogen (secondary N) is 1. The van der Waals surface area contributed by atoms with Crippen molar-refractivity contribution in [3.05, 3.63) is 48.6 Å². The molecule has 1 aromatic carbocycles. The fourth-order valence-corrected chi connectivity index (χ4v) is 3.42. The van der Waals surface area contributed by atoms with Crippen LogP contribution in [-0.2, 0) is 16.0 Å². The molecular weight excluding hydrogens is 378 g/mol. The highest BCUT2D eigenvalue weighted by Crippen LogP contribution is 2.37. The molecule has 0 saturated carbocycles. The van der Waals surface area contributed by atoms with Crippen LogP contribution < -0.4 is 5.32 Å². The first-order valence-electron chi connectivity index (χ1n) is 9.82. The van der Waals surface area contributed by atoms with E-state index in [1.807, 2.05) is 30.3 Å². The van der Waals surface area contributed by atoms with Gasteiger partial charge >= 0.3 is 6.09 Å². The highest BCUT2D eigenvalue weighted by Gasteiger charge is 2.55. The zero-order chi connectivity index (χ0) is 21.7. The molecule has 1 N–H and O–H groups in total. The number of halogens is 2. The van der Waals surface area contributed by atoms with E-state index in [4.69, 9.17) is 4.74 Å². The number of carbonyl (C=O) groups excluding carboxylic acids is 2. The van der Waals surface area contributed by atoms with Crippen molar-refractivity contribution in [3.63, 3.8) is 0 Å². The number of aryl methyl sites for hydroxylation is 1. The Labute approximate surface area is 171 Å². The predicted molar refractivity (Wildman–Crippen MR) is 108 cm³/mol. The van der Waals surface area contributed by atoms with Gasteiger partial charge in [0.2, 0.25) is 5.91 Å². The summed E-state index contributed by atoms with van der Waals surface area (Å²) >= 11 is 0. The molecule has 7 heteroatoms. The van der Waals surface area contributed by atoms with Crippen molar-refractivity contribution in [3.8, 4) is 0 Å². The number of hydrogen-bond donors (Lipinski definition) is 1. The van der Waals surface area contributed by atoms with Crippen molar-refractivity contribution in [2.75, 3.05) is 13.1 Å². The summed E-state index contributed by atoms with van der Waals surface area (Å²) in [6.45, 7) is 8.35. The van der Waals surface area contributed by atoms with Crippen LogP contribution in [0.2, 0.25) is 0 Å². The van der Waals surface area contributed by atoms with Crippen molar-refractivity contribution >= 4 is 12.0 Å². The van der Waals surface area contributed by atoms with Crippen molar-refractivity contribution in [2.45, 2.75) is 63.5 Å². The first kappa shape index (κ1) is 22.8. The number of piperidine rings is 1. The van der Waals surface area contributed by atoms with Crippen molar-refractivity contribution in [2.24, 2.45) is 0 Å². The van der Waals surface area contributed by atoms with E-state index in [9.17, 15) is 18.4 Å². The van der Waals surface area contributed by atoms with Crippen LogP contribution in [0.1, 0.15) is 45.6 Å². The van der Waals surface area contributed by atoms with Gasteiger partial charge in [-0.1, -0.05) is 36.9 Å². The minimum Gasteiger partial charge on any atom is -0.444 e. The molecule has 2 rings (SSSR count). The smallest absolute Gasteiger partial charge is 0.410 e. The number of benzene rings is 1. The van der Waals surface area contributed by atoms with Crippen LogP contribution in [0.3, 0.4) is 0 Å². The van der Waals surface area contributed by atoms with Crippen LogP contribution in [0, 0.1) is 0 Å². The molecule has 29 heavy (non-hydrogen) atoms. The molecule has 160 valence electrons. The van der Waals surface area contributed by atoms with Crippen molar-refractivity contribution < 1.29 is 23.1 Å². The maximum atomic E-state index is 14.9. The Morgan fingerprint density at radius 2 is 1.93 bits per heavy atom. The minimum absolute atomic E-state index is 0.0440. The van der Waals surface area contributed by atoms with Crippen LogP contribution in [0.25, 0.3) is 0 Å². The Morgan fingerprint density at radius 1 is 1.28 bits per heavy atom. The zero-order valence-corrected chi connectivity index (χ0v) is 17.3. The summed E-state index contributed by atoms with van der Waals surface area (Å²) in [4.78, 5) is 26.2. The molecule has 0 radical (unpaired) electrons. The lowest BCUT2D eigenvalue weighted by Crippen LogP contribution is -2.68. The van der Waals surface area contributed by atoms with E-state index < -0.39 is 29.1 Å². The van der Waals surface area contributed by atoms with Gasteiger partial charge in [0.1, 0.15) is 11.1 Å². The first-order valence-corrected chi connectivity index (χ1v) is 9.82. The molecule has 1 atom stereocenters. The van der Waals surface area contributed by atoms with Gasteiger partial charge < -0.3 is 15.0 Å². The third kappa shape index (κ3) is 6.02. The Morgan fingerprint density at radius 3 is 2.52 bits per heavy atom. The van der Waals surface area contributed by atoms with Gasteiger partial charge in [0.05, 0.1) is 6.54 Å². The molecule has 1 unspecified atom stereocenters. The van der Waals surface area contributed by atoms with Gasteiger partial charge in [-0.25, -0.2) is 4.79 Å². The summed E-state index contributed by atoms with van der Waals surface area (Å²) in [6.07, 6.45) is 0.761. The number of ether oxygens (including phenoxy) is 1.